The average Bonchev–Trinajstić information content (AvgIpc) is 2.31. The van der Waals surface area contributed by atoms with Crippen LogP contribution in [0.2, 0.25) is 0 Å². The summed E-state index contributed by atoms with van der Waals surface area (Å²) in [6, 6.07) is 10.1. The van der Waals surface area contributed by atoms with Crippen molar-refractivity contribution >= 4 is 0 Å². The van der Waals surface area contributed by atoms with E-state index in [4.69, 9.17) is 9.84 Å². The number of aliphatic hydroxyl groups is 1. The highest BCUT2D eigenvalue weighted by Crippen LogP contribution is 2.10. The monoisotopic (exact) mass is 220 g/mol. The quantitative estimate of drug-likeness (QED) is 0.683. The van der Waals surface area contributed by atoms with Crippen molar-refractivity contribution in [3.63, 3.8) is 0 Å². The van der Waals surface area contributed by atoms with Crippen molar-refractivity contribution in [2.24, 2.45) is 5.92 Å². The van der Waals surface area contributed by atoms with Gasteiger partial charge in [-0.15, -0.1) is 6.58 Å². The number of ether oxygens (including phenoxy) is 1. The molecule has 0 spiro atoms. The normalized spacial score (nSPS) is 12.3. The van der Waals surface area contributed by atoms with Crippen molar-refractivity contribution < 1.29 is 9.84 Å². The Balaban J connectivity index is 2.24. The van der Waals surface area contributed by atoms with E-state index in [0.29, 0.717) is 19.1 Å². The fourth-order valence-electron chi connectivity index (χ4n) is 1.61. The molecule has 0 aliphatic rings. The summed E-state index contributed by atoms with van der Waals surface area (Å²) in [7, 11) is 0. The molecule has 1 atom stereocenters. The Bertz CT molecular complexity index is 282. The molecule has 2 nitrogen and oxygen atoms in total. The first-order chi connectivity index (χ1) is 7.86. The van der Waals surface area contributed by atoms with Crippen LogP contribution in [-0.4, -0.2) is 18.3 Å². The SMILES string of the molecule is C=CC[C@H](CCO)COCc1ccccc1. The smallest absolute Gasteiger partial charge is 0.0717 e. The molecule has 1 N–H and O–H groups in total. The molecular weight excluding hydrogens is 200 g/mol. The third-order valence-corrected chi connectivity index (χ3v) is 2.50. The zero-order valence-electron chi connectivity index (χ0n) is 9.64. The molecular formula is C14H20O2. The van der Waals surface area contributed by atoms with Gasteiger partial charge in [0.25, 0.3) is 0 Å². The van der Waals surface area contributed by atoms with Gasteiger partial charge in [-0.25, -0.2) is 0 Å². The van der Waals surface area contributed by atoms with Gasteiger partial charge in [-0.3, -0.25) is 0 Å². The Morgan fingerprint density at radius 2 is 2.06 bits per heavy atom. The van der Waals surface area contributed by atoms with Crippen molar-refractivity contribution in [3.8, 4) is 0 Å². The summed E-state index contributed by atoms with van der Waals surface area (Å²) in [5.74, 6) is 0.381. The minimum absolute atomic E-state index is 0.215. The first-order valence-electron chi connectivity index (χ1n) is 5.70. The summed E-state index contributed by atoms with van der Waals surface area (Å²) in [6.45, 7) is 5.25. The maximum absolute atomic E-state index is 8.89. The molecule has 0 fully saturated rings. The standard InChI is InChI=1S/C14H20O2/c1-2-6-13(9-10-15)11-16-12-14-7-4-3-5-8-14/h2-5,7-8,13,15H,1,6,9-12H2/t13-/m1/s1. The molecule has 0 amide bonds. The van der Waals surface area contributed by atoms with Crippen LogP contribution < -0.4 is 0 Å². The van der Waals surface area contributed by atoms with E-state index >= 15 is 0 Å². The first-order valence-corrected chi connectivity index (χ1v) is 5.70. The maximum Gasteiger partial charge on any atom is 0.0717 e. The lowest BCUT2D eigenvalue weighted by Gasteiger charge is -2.13. The van der Waals surface area contributed by atoms with Crippen LogP contribution in [0.4, 0.5) is 0 Å². The molecule has 0 bridgehead atoms. The topological polar surface area (TPSA) is 29.5 Å². The van der Waals surface area contributed by atoms with Crippen molar-refractivity contribution in [2.75, 3.05) is 13.2 Å². The largest absolute Gasteiger partial charge is 0.396 e. The van der Waals surface area contributed by atoms with Crippen molar-refractivity contribution in [1.82, 2.24) is 0 Å². The zero-order chi connectivity index (χ0) is 11.6. The van der Waals surface area contributed by atoms with E-state index in [-0.39, 0.29) is 6.61 Å². The second kappa shape index (κ2) is 8.08. The van der Waals surface area contributed by atoms with Gasteiger partial charge in [-0.2, -0.15) is 0 Å². The molecule has 0 saturated carbocycles. The van der Waals surface area contributed by atoms with Gasteiger partial charge in [-0.1, -0.05) is 36.4 Å². The fraction of sp³-hybridized carbons (Fsp3) is 0.429. The second-order valence-electron chi connectivity index (χ2n) is 3.90. The van der Waals surface area contributed by atoms with E-state index in [1.165, 1.54) is 5.56 Å². The first kappa shape index (κ1) is 12.9. The molecule has 1 aromatic rings. The Morgan fingerprint density at radius 3 is 2.69 bits per heavy atom. The van der Waals surface area contributed by atoms with Crippen molar-refractivity contribution in [2.45, 2.75) is 19.4 Å². The van der Waals surface area contributed by atoms with Gasteiger partial charge in [0.2, 0.25) is 0 Å². The molecule has 0 radical (unpaired) electrons. The van der Waals surface area contributed by atoms with Gasteiger partial charge in [0.05, 0.1) is 13.2 Å². The lowest BCUT2D eigenvalue weighted by atomic mass is 10.0. The van der Waals surface area contributed by atoms with Gasteiger partial charge in [0.1, 0.15) is 0 Å². The highest BCUT2D eigenvalue weighted by Gasteiger charge is 2.06. The number of aliphatic hydroxyl groups excluding tert-OH is 1. The third kappa shape index (κ3) is 5.10. The number of allylic oxidation sites excluding steroid dienone is 1. The summed E-state index contributed by atoms with van der Waals surface area (Å²) in [5, 5.41) is 8.89. The Hall–Kier alpha value is -1.12. The van der Waals surface area contributed by atoms with Gasteiger partial charge in [0.15, 0.2) is 0 Å². The van der Waals surface area contributed by atoms with Crippen LogP contribution in [0.15, 0.2) is 43.0 Å². The highest BCUT2D eigenvalue weighted by molar-refractivity contribution is 5.13. The predicted molar refractivity (Wildman–Crippen MR) is 66.1 cm³/mol. The van der Waals surface area contributed by atoms with Crippen LogP contribution in [-0.2, 0) is 11.3 Å². The van der Waals surface area contributed by atoms with Gasteiger partial charge in [-0.05, 0) is 24.3 Å². The molecule has 2 heteroatoms. The molecule has 1 rings (SSSR count). The molecule has 0 unspecified atom stereocenters. The summed E-state index contributed by atoms with van der Waals surface area (Å²) < 4.78 is 5.63. The summed E-state index contributed by atoms with van der Waals surface area (Å²) in [6.07, 6.45) is 3.56. The van der Waals surface area contributed by atoms with E-state index < -0.39 is 0 Å². The van der Waals surface area contributed by atoms with Crippen molar-refractivity contribution in [1.29, 1.82) is 0 Å². The van der Waals surface area contributed by atoms with E-state index in [1.807, 2.05) is 24.3 Å². The van der Waals surface area contributed by atoms with E-state index in [2.05, 4.69) is 18.7 Å². The Labute approximate surface area is 97.6 Å². The minimum Gasteiger partial charge on any atom is -0.396 e. The molecule has 1 aromatic carbocycles. The summed E-state index contributed by atoms with van der Waals surface area (Å²) >= 11 is 0. The molecule has 0 saturated heterocycles. The van der Waals surface area contributed by atoms with Gasteiger partial charge < -0.3 is 9.84 Å². The molecule has 0 aliphatic carbocycles. The van der Waals surface area contributed by atoms with Crippen LogP contribution in [0.5, 0.6) is 0 Å². The predicted octanol–water partition coefficient (Wildman–Crippen LogP) is 2.78. The van der Waals surface area contributed by atoms with Crippen LogP contribution in [0.25, 0.3) is 0 Å². The fourth-order valence-corrected chi connectivity index (χ4v) is 1.61. The molecule has 0 heterocycles. The highest BCUT2D eigenvalue weighted by atomic mass is 16.5. The number of hydrogen-bond donors (Lipinski definition) is 1. The van der Waals surface area contributed by atoms with Crippen LogP contribution >= 0.6 is 0 Å². The lowest BCUT2D eigenvalue weighted by molar-refractivity contribution is 0.0778. The Morgan fingerprint density at radius 1 is 1.31 bits per heavy atom. The van der Waals surface area contributed by atoms with Crippen molar-refractivity contribution in [3.05, 3.63) is 48.6 Å². The Kier molecular flexibility index (Phi) is 6.54. The lowest BCUT2D eigenvalue weighted by Crippen LogP contribution is -2.10. The summed E-state index contributed by atoms with van der Waals surface area (Å²) in [5.41, 5.74) is 1.18. The summed E-state index contributed by atoms with van der Waals surface area (Å²) in [4.78, 5) is 0. The minimum atomic E-state index is 0.215. The average molecular weight is 220 g/mol. The zero-order valence-corrected chi connectivity index (χ0v) is 9.64. The van der Waals surface area contributed by atoms with E-state index in [9.17, 15) is 0 Å². The van der Waals surface area contributed by atoms with Crippen LogP contribution in [0, 0.1) is 5.92 Å². The second-order valence-corrected chi connectivity index (χ2v) is 3.90. The van der Waals surface area contributed by atoms with Crippen LogP contribution in [0.1, 0.15) is 18.4 Å². The number of benzene rings is 1. The van der Waals surface area contributed by atoms with Gasteiger partial charge in [0, 0.05) is 6.61 Å². The van der Waals surface area contributed by atoms with E-state index in [0.717, 1.165) is 12.8 Å². The van der Waals surface area contributed by atoms with E-state index in [1.54, 1.807) is 0 Å². The number of rotatable bonds is 8. The molecule has 16 heavy (non-hydrogen) atoms. The van der Waals surface area contributed by atoms with Gasteiger partial charge >= 0.3 is 0 Å². The third-order valence-electron chi connectivity index (χ3n) is 2.50. The molecule has 0 aromatic heterocycles. The molecule has 0 aliphatic heterocycles. The van der Waals surface area contributed by atoms with Crippen LogP contribution in [0.3, 0.4) is 0 Å². The number of hydrogen-bond acceptors (Lipinski definition) is 2. The molecule has 88 valence electrons. The maximum atomic E-state index is 8.89.